The van der Waals surface area contributed by atoms with E-state index >= 15 is 0 Å². The van der Waals surface area contributed by atoms with Crippen LogP contribution in [0.3, 0.4) is 0 Å². The molecule has 4 heterocycles. The van der Waals surface area contributed by atoms with Crippen molar-refractivity contribution in [2.24, 2.45) is 0 Å². The molecule has 2 aromatic rings. The smallest absolute Gasteiger partial charge is 0.329 e. The number of aromatic nitrogens is 2. The summed E-state index contributed by atoms with van der Waals surface area (Å²) in [6.45, 7) is 0.539. The van der Waals surface area contributed by atoms with Gasteiger partial charge in [-0.05, 0) is 30.7 Å². The molecule has 0 radical (unpaired) electrons. The number of nitrogens with zero attached hydrogens (tertiary/aromatic N) is 4. The van der Waals surface area contributed by atoms with E-state index in [0.717, 1.165) is 12.7 Å². The van der Waals surface area contributed by atoms with Crippen molar-refractivity contribution in [1.29, 1.82) is 0 Å². The molecule has 2 aliphatic heterocycles. The summed E-state index contributed by atoms with van der Waals surface area (Å²) < 4.78 is 37.8. The molecule has 2 bridgehead atoms. The van der Waals surface area contributed by atoms with E-state index in [4.69, 9.17) is 0 Å². The van der Waals surface area contributed by atoms with Crippen molar-refractivity contribution in [3.05, 3.63) is 42.0 Å². The molecule has 2 aromatic heterocycles. The minimum absolute atomic E-state index is 0.0652. The van der Waals surface area contributed by atoms with E-state index in [1.165, 1.54) is 23.1 Å². The number of urea groups is 1. The molecule has 0 saturated carbocycles. The maximum absolute atomic E-state index is 13.0. The van der Waals surface area contributed by atoms with E-state index in [-0.39, 0.29) is 23.4 Å². The molecule has 1 saturated heterocycles. The lowest BCUT2D eigenvalue weighted by Gasteiger charge is -2.35. The Morgan fingerprint density at radius 1 is 1.24 bits per heavy atom. The number of carbonyl (C=O) groups excluding carboxylic acids is 2. The Morgan fingerprint density at radius 2 is 2.07 bits per heavy atom. The Labute approximate surface area is 163 Å². The van der Waals surface area contributed by atoms with Crippen LogP contribution in [0, 0.1) is 5.82 Å². The number of hydrogen-bond donors (Lipinski definition) is 2. The van der Waals surface area contributed by atoms with E-state index < -0.39 is 30.7 Å². The molecular formula is C18H17F3N6O2. The van der Waals surface area contributed by atoms with Gasteiger partial charge in [-0.25, -0.2) is 27.9 Å². The molecule has 0 unspecified atom stereocenters. The second-order valence-corrected chi connectivity index (χ2v) is 6.69. The number of alkyl halides is 2. The number of amides is 3. The third kappa shape index (κ3) is 3.80. The van der Waals surface area contributed by atoms with E-state index in [1.807, 2.05) is 4.90 Å². The minimum Gasteiger partial charge on any atom is -0.366 e. The summed E-state index contributed by atoms with van der Waals surface area (Å²) in [5, 5.41) is 4.71. The number of anilines is 3. The second-order valence-electron chi connectivity index (χ2n) is 6.69. The second kappa shape index (κ2) is 7.57. The molecule has 3 amide bonds. The van der Waals surface area contributed by atoms with Gasteiger partial charge in [-0.15, -0.1) is 0 Å². The summed E-state index contributed by atoms with van der Waals surface area (Å²) in [6, 6.07) is 4.91. The molecule has 11 heteroatoms. The van der Waals surface area contributed by atoms with Crippen molar-refractivity contribution in [1.82, 2.24) is 15.3 Å². The number of hydrogen-bond acceptors (Lipinski definition) is 5. The number of rotatable bonds is 4. The van der Waals surface area contributed by atoms with Gasteiger partial charge in [0.2, 0.25) is 0 Å². The highest BCUT2D eigenvalue weighted by Gasteiger charge is 2.40. The summed E-state index contributed by atoms with van der Waals surface area (Å²) in [4.78, 5) is 36.6. The lowest BCUT2D eigenvalue weighted by molar-refractivity contribution is 0.0887. The van der Waals surface area contributed by atoms with Crippen molar-refractivity contribution in [2.75, 3.05) is 34.8 Å². The van der Waals surface area contributed by atoms with Crippen LogP contribution in [0.15, 0.2) is 30.5 Å². The molecule has 0 spiro atoms. The van der Waals surface area contributed by atoms with Crippen LogP contribution in [0.2, 0.25) is 0 Å². The molecule has 152 valence electrons. The lowest BCUT2D eigenvalue weighted by atomic mass is 10.1. The highest BCUT2D eigenvalue weighted by Crippen LogP contribution is 2.39. The Hall–Kier alpha value is -3.37. The Kier molecular flexibility index (Phi) is 4.95. The van der Waals surface area contributed by atoms with E-state index in [0.29, 0.717) is 18.7 Å². The SMILES string of the molecule is O=C(NCC(F)F)c1ccc2c(n1)N(C(=O)Nc1ccc(F)cn1)[C@H]1CCN2C1. The van der Waals surface area contributed by atoms with Gasteiger partial charge in [0.15, 0.2) is 5.82 Å². The lowest BCUT2D eigenvalue weighted by Crippen LogP contribution is -2.48. The number of fused-ring (bicyclic) bond motifs is 4. The molecule has 1 fully saturated rings. The molecule has 2 N–H and O–H groups in total. The van der Waals surface area contributed by atoms with Gasteiger partial charge >= 0.3 is 6.03 Å². The third-order valence-corrected chi connectivity index (χ3v) is 4.78. The minimum atomic E-state index is -2.68. The third-order valence-electron chi connectivity index (χ3n) is 4.78. The normalized spacial score (nSPS) is 17.3. The van der Waals surface area contributed by atoms with Crippen molar-refractivity contribution in [3.8, 4) is 0 Å². The standard InChI is InChI=1S/C18H17F3N6O2/c19-10-1-4-15(22-7-10)25-18(29)27-11-5-6-26(9-11)13-3-2-12(24-16(13)27)17(28)23-8-14(20)21/h1-4,7,11,14H,5-6,8-9H2,(H,23,28)(H,22,25,29)/t11-/m0/s1. The Bertz CT molecular complexity index is 940. The largest absolute Gasteiger partial charge is 0.366 e. The zero-order chi connectivity index (χ0) is 20.5. The number of nitrogens with one attached hydrogen (secondary N) is 2. The molecule has 1 atom stereocenters. The summed E-state index contributed by atoms with van der Waals surface area (Å²) >= 11 is 0. The molecule has 8 nitrogen and oxygen atoms in total. The van der Waals surface area contributed by atoms with Crippen LogP contribution in [-0.4, -0.2) is 54.0 Å². The predicted octanol–water partition coefficient (Wildman–Crippen LogP) is 2.24. The summed E-state index contributed by atoms with van der Waals surface area (Å²) in [5.74, 6) is -0.840. The van der Waals surface area contributed by atoms with Crippen molar-refractivity contribution < 1.29 is 22.8 Å². The maximum atomic E-state index is 13.0. The number of halogens is 3. The number of carbonyl (C=O) groups is 2. The molecular weight excluding hydrogens is 389 g/mol. The highest BCUT2D eigenvalue weighted by molar-refractivity contribution is 6.05. The van der Waals surface area contributed by atoms with Crippen LogP contribution in [-0.2, 0) is 0 Å². The molecule has 0 aromatic carbocycles. The van der Waals surface area contributed by atoms with E-state index in [1.54, 1.807) is 6.07 Å². The fourth-order valence-corrected chi connectivity index (χ4v) is 3.48. The topological polar surface area (TPSA) is 90.5 Å². The van der Waals surface area contributed by atoms with Crippen LogP contribution >= 0.6 is 0 Å². The summed E-state index contributed by atoms with van der Waals surface area (Å²) in [7, 11) is 0. The average molecular weight is 406 g/mol. The van der Waals surface area contributed by atoms with Gasteiger partial charge in [0.1, 0.15) is 17.3 Å². The summed E-state index contributed by atoms with van der Waals surface area (Å²) in [6.07, 6.45) is -0.988. The maximum Gasteiger partial charge on any atom is 0.329 e. The van der Waals surface area contributed by atoms with E-state index in [2.05, 4.69) is 20.6 Å². The Balaban J connectivity index is 1.62. The van der Waals surface area contributed by atoms with Gasteiger partial charge in [0, 0.05) is 13.1 Å². The zero-order valence-electron chi connectivity index (χ0n) is 15.1. The van der Waals surface area contributed by atoms with Gasteiger partial charge in [-0.3, -0.25) is 15.0 Å². The first kappa shape index (κ1) is 19.0. The fraction of sp³-hybridized carbons (Fsp3) is 0.333. The van der Waals surface area contributed by atoms with Crippen molar-refractivity contribution >= 4 is 29.3 Å². The van der Waals surface area contributed by atoms with Crippen LogP contribution in [0.25, 0.3) is 0 Å². The van der Waals surface area contributed by atoms with Gasteiger partial charge in [0.05, 0.1) is 24.5 Å². The van der Waals surface area contributed by atoms with Crippen molar-refractivity contribution in [3.63, 3.8) is 0 Å². The first-order valence-corrected chi connectivity index (χ1v) is 8.96. The highest BCUT2D eigenvalue weighted by atomic mass is 19.3. The zero-order valence-corrected chi connectivity index (χ0v) is 15.1. The predicted molar refractivity (Wildman–Crippen MR) is 98.9 cm³/mol. The fourth-order valence-electron chi connectivity index (χ4n) is 3.48. The summed E-state index contributed by atoms with van der Waals surface area (Å²) in [5.41, 5.74) is 0.607. The van der Waals surface area contributed by atoms with Gasteiger partial charge in [-0.2, -0.15) is 0 Å². The van der Waals surface area contributed by atoms with E-state index in [9.17, 15) is 22.8 Å². The van der Waals surface area contributed by atoms with Crippen LogP contribution in [0.5, 0.6) is 0 Å². The van der Waals surface area contributed by atoms with Crippen molar-refractivity contribution in [2.45, 2.75) is 18.9 Å². The van der Waals surface area contributed by atoms with Crippen LogP contribution < -0.4 is 20.4 Å². The molecule has 2 aliphatic rings. The molecule has 29 heavy (non-hydrogen) atoms. The van der Waals surface area contributed by atoms with Gasteiger partial charge in [-0.1, -0.05) is 0 Å². The van der Waals surface area contributed by atoms with Gasteiger partial charge < -0.3 is 10.2 Å². The van der Waals surface area contributed by atoms with Crippen LogP contribution in [0.1, 0.15) is 16.9 Å². The first-order chi connectivity index (χ1) is 13.9. The molecule has 0 aliphatic carbocycles. The monoisotopic (exact) mass is 406 g/mol. The number of pyridine rings is 2. The van der Waals surface area contributed by atoms with Crippen LogP contribution in [0.4, 0.5) is 35.3 Å². The first-order valence-electron chi connectivity index (χ1n) is 8.96. The average Bonchev–Trinajstić information content (AvgIpc) is 3.12. The molecule has 4 rings (SSSR count). The quantitative estimate of drug-likeness (QED) is 0.813. The Morgan fingerprint density at radius 3 is 2.79 bits per heavy atom. The van der Waals surface area contributed by atoms with Gasteiger partial charge in [0.25, 0.3) is 12.3 Å².